The molecule has 0 fully saturated rings. The zero-order valence-corrected chi connectivity index (χ0v) is 22.6. The molecule has 0 unspecified atom stereocenters. The van der Waals surface area contributed by atoms with Crippen molar-refractivity contribution >= 4 is 29.3 Å². The van der Waals surface area contributed by atoms with Crippen LogP contribution in [-0.4, -0.2) is 20.7 Å². The number of hydrogen-bond acceptors (Lipinski definition) is 5. The van der Waals surface area contributed by atoms with E-state index in [0.29, 0.717) is 16.7 Å². The number of anilines is 2. The van der Waals surface area contributed by atoms with E-state index in [1.165, 1.54) is 11.1 Å². The van der Waals surface area contributed by atoms with Crippen LogP contribution < -0.4 is 10.6 Å². The van der Waals surface area contributed by atoms with E-state index in [1.807, 2.05) is 37.6 Å². The summed E-state index contributed by atoms with van der Waals surface area (Å²) in [6.07, 6.45) is 0. The first-order chi connectivity index (χ1) is 17.8. The highest BCUT2D eigenvalue weighted by molar-refractivity contribution is 7.98. The molecule has 4 aromatic rings. The zero-order chi connectivity index (χ0) is 26.1. The summed E-state index contributed by atoms with van der Waals surface area (Å²) in [4.78, 5) is 18.5. The van der Waals surface area contributed by atoms with E-state index >= 15 is 0 Å². The number of carbonyl (C=O) groups is 1. The fourth-order valence-electron chi connectivity index (χ4n) is 4.64. The average molecular weight is 510 g/mol. The lowest BCUT2D eigenvalue weighted by molar-refractivity contribution is -0.113. The highest BCUT2D eigenvalue weighted by Gasteiger charge is 2.34. The number of rotatable bonds is 6. The maximum absolute atomic E-state index is 13.7. The third kappa shape index (κ3) is 5.32. The Morgan fingerprint density at radius 2 is 1.68 bits per heavy atom. The molecule has 6 nitrogen and oxygen atoms in total. The summed E-state index contributed by atoms with van der Waals surface area (Å²) in [7, 11) is 0. The van der Waals surface area contributed by atoms with Crippen LogP contribution in [0, 0.1) is 27.7 Å². The summed E-state index contributed by atoms with van der Waals surface area (Å²) in [5.74, 6) is 1.25. The van der Waals surface area contributed by atoms with Crippen molar-refractivity contribution in [2.75, 3.05) is 10.6 Å². The molecule has 1 amide bonds. The van der Waals surface area contributed by atoms with Crippen molar-refractivity contribution < 1.29 is 4.79 Å². The monoisotopic (exact) mass is 509 g/mol. The Hall–Kier alpha value is -3.84. The summed E-state index contributed by atoms with van der Waals surface area (Å²) in [5, 5.41) is 12.0. The minimum absolute atomic E-state index is 0.155. The molecule has 5 rings (SSSR count). The van der Waals surface area contributed by atoms with Gasteiger partial charge in [0.2, 0.25) is 11.1 Å². The molecule has 0 aliphatic carbocycles. The lowest BCUT2D eigenvalue weighted by Crippen LogP contribution is -2.31. The van der Waals surface area contributed by atoms with Crippen LogP contribution in [-0.2, 0) is 10.5 Å². The molecule has 1 atom stereocenters. The molecule has 0 bridgehead atoms. The first kappa shape index (κ1) is 24.8. The van der Waals surface area contributed by atoms with E-state index in [-0.39, 0.29) is 5.91 Å². The molecule has 2 N–H and O–H groups in total. The Morgan fingerprint density at radius 1 is 0.946 bits per heavy atom. The topological polar surface area (TPSA) is 71.8 Å². The molecule has 188 valence electrons. The van der Waals surface area contributed by atoms with Gasteiger partial charge in [-0.3, -0.25) is 4.79 Å². The molecule has 3 aromatic carbocycles. The van der Waals surface area contributed by atoms with E-state index in [9.17, 15) is 4.79 Å². The smallest absolute Gasteiger partial charge is 0.255 e. The van der Waals surface area contributed by atoms with Gasteiger partial charge < -0.3 is 10.6 Å². The van der Waals surface area contributed by atoms with Crippen molar-refractivity contribution in [1.82, 2.24) is 14.8 Å². The van der Waals surface area contributed by atoms with E-state index < -0.39 is 6.04 Å². The summed E-state index contributed by atoms with van der Waals surface area (Å²) in [6, 6.07) is 22.3. The summed E-state index contributed by atoms with van der Waals surface area (Å²) < 4.78 is 1.84. The molecule has 2 heterocycles. The van der Waals surface area contributed by atoms with Crippen molar-refractivity contribution in [2.45, 2.75) is 51.6 Å². The van der Waals surface area contributed by atoms with Crippen LogP contribution in [0.3, 0.4) is 0 Å². The first-order valence-electron chi connectivity index (χ1n) is 12.4. The molecule has 0 spiro atoms. The van der Waals surface area contributed by atoms with E-state index in [4.69, 9.17) is 10.1 Å². The largest absolute Gasteiger partial charge is 0.328 e. The van der Waals surface area contributed by atoms with Gasteiger partial charge in [-0.15, -0.1) is 5.10 Å². The standard InChI is InChI=1S/C30H31N5OS/c1-18-9-12-24(13-10-18)27-26(28(36)32-25-14-11-20(3)15-21(25)4)22(5)31-29-33-30(34-35(27)29)37-17-23-8-6-7-19(2)16-23/h6-16,27H,17H2,1-5H3,(H,32,36)(H,31,33,34)/t27-/m1/s1. The maximum atomic E-state index is 13.7. The molecule has 0 saturated heterocycles. The molecule has 1 aliphatic rings. The van der Waals surface area contributed by atoms with Crippen molar-refractivity contribution in [3.05, 3.63) is 111 Å². The van der Waals surface area contributed by atoms with Crippen molar-refractivity contribution in [2.24, 2.45) is 0 Å². The van der Waals surface area contributed by atoms with Crippen LogP contribution in [0.25, 0.3) is 0 Å². The highest BCUT2D eigenvalue weighted by atomic mass is 32.2. The van der Waals surface area contributed by atoms with Crippen molar-refractivity contribution in [3.8, 4) is 0 Å². The molecule has 7 heteroatoms. The summed E-state index contributed by atoms with van der Waals surface area (Å²) in [5.41, 5.74) is 8.98. The lowest BCUT2D eigenvalue weighted by atomic mass is 9.94. The number of thioether (sulfide) groups is 1. The zero-order valence-electron chi connectivity index (χ0n) is 21.8. The van der Waals surface area contributed by atoms with Crippen LogP contribution in [0.5, 0.6) is 0 Å². The number of benzene rings is 3. The van der Waals surface area contributed by atoms with Crippen LogP contribution in [0.2, 0.25) is 0 Å². The van der Waals surface area contributed by atoms with Gasteiger partial charge in [0, 0.05) is 17.1 Å². The van der Waals surface area contributed by atoms with Gasteiger partial charge in [0.1, 0.15) is 6.04 Å². The van der Waals surface area contributed by atoms with E-state index in [2.05, 4.69) is 79.1 Å². The quantitative estimate of drug-likeness (QED) is 0.282. The fraction of sp³-hybridized carbons (Fsp3) is 0.233. The molecule has 0 saturated carbocycles. The Balaban J connectivity index is 1.49. The van der Waals surface area contributed by atoms with Crippen molar-refractivity contribution in [3.63, 3.8) is 0 Å². The first-order valence-corrected chi connectivity index (χ1v) is 13.3. The van der Waals surface area contributed by atoms with Crippen LogP contribution in [0.1, 0.15) is 46.3 Å². The minimum atomic E-state index is -0.400. The predicted octanol–water partition coefficient (Wildman–Crippen LogP) is 6.73. The van der Waals surface area contributed by atoms with Crippen LogP contribution >= 0.6 is 11.8 Å². The Morgan fingerprint density at radius 3 is 2.41 bits per heavy atom. The van der Waals surface area contributed by atoms with E-state index in [1.54, 1.807) is 11.8 Å². The molecular weight excluding hydrogens is 478 g/mol. The molecule has 37 heavy (non-hydrogen) atoms. The number of fused-ring (bicyclic) bond motifs is 1. The number of nitrogens with one attached hydrogen (secondary N) is 2. The summed E-state index contributed by atoms with van der Waals surface area (Å²) in [6.45, 7) is 10.1. The average Bonchev–Trinajstić information content (AvgIpc) is 3.26. The molecule has 0 radical (unpaired) electrons. The maximum Gasteiger partial charge on any atom is 0.255 e. The Kier molecular flexibility index (Phi) is 6.89. The number of amides is 1. The number of aryl methyl sites for hydroxylation is 4. The van der Waals surface area contributed by atoms with Crippen LogP contribution in [0.4, 0.5) is 11.6 Å². The third-order valence-electron chi connectivity index (χ3n) is 6.55. The number of allylic oxidation sites excluding steroid dienone is 1. The SMILES string of the molecule is CC1=C(C(=O)Nc2ccc(C)cc2C)[C@@H](c2ccc(C)cc2)n2nc(SCc3cccc(C)c3)nc2N1. The third-order valence-corrected chi connectivity index (χ3v) is 7.46. The second kappa shape index (κ2) is 10.3. The lowest BCUT2D eigenvalue weighted by Gasteiger charge is -2.29. The number of aromatic nitrogens is 3. The van der Waals surface area contributed by atoms with Crippen molar-refractivity contribution in [1.29, 1.82) is 0 Å². The van der Waals surface area contributed by atoms with Gasteiger partial charge in [0.15, 0.2) is 0 Å². The second-order valence-electron chi connectivity index (χ2n) is 9.69. The molecule has 1 aromatic heterocycles. The normalized spacial score (nSPS) is 14.8. The van der Waals surface area contributed by atoms with Gasteiger partial charge in [-0.05, 0) is 57.4 Å². The van der Waals surface area contributed by atoms with Gasteiger partial charge in [0.05, 0.1) is 5.57 Å². The fourth-order valence-corrected chi connectivity index (χ4v) is 5.41. The van der Waals surface area contributed by atoms with Gasteiger partial charge in [-0.2, -0.15) is 4.98 Å². The Labute approximate surface area is 222 Å². The minimum Gasteiger partial charge on any atom is -0.328 e. The van der Waals surface area contributed by atoms with Gasteiger partial charge in [-0.25, -0.2) is 4.68 Å². The Bertz CT molecular complexity index is 1500. The highest BCUT2D eigenvalue weighted by Crippen LogP contribution is 2.37. The molecule has 1 aliphatic heterocycles. The molecular formula is C30H31N5OS. The van der Waals surface area contributed by atoms with Gasteiger partial charge >= 0.3 is 0 Å². The predicted molar refractivity (Wildman–Crippen MR) is 151 cm³/mol. The van der Waals surface area contributed by atoms with E-state index in [0.717, 1.165) is 39.4 Å². The number of hydrogen-bond donors (Lipinski definition) is 2. The van der Waals surface area contributed by atoms with Gasteiger partial charge in [0.25, 0.3) is 5.91 Å². The number of carbonyl (C=O) groups excluding carboxylic acids is 1. The van der Waals surface area contributed by atoms with Gasteiger partial charge in [-0.1, -0.05) is 89.1 Å². The summed E-state index contributed by atoms with van der Waals surface area (Å²) >= 11 is 1.59. The number of nitrogens with zero attached hydrogens (tertiary/aromatic N) is 3. The second-order valence-corrected chi connectivity index (χ2v) is 10.6. The van der Waals surface area contributed by atoms with Crippen LogP contribution in [0.15, 0.2) is 83.2 Å².